The van der Waals surface area contributed by atoms with Gasteiger partial charge in [-0.3, -0.25) is 14.6 Å². The Morgan fingerprint density at radius 2 is 1.67 bits per heavy atom. The van der Waals surface area contributed by atoms with Crippen molar-refractivity contribution in [1.82, 2.24) is 19.3 Å². The Balaban J connectivity index is 1.59. The first-order chi connectivity index (χ1) is 15.7. The Labute approximate surface area is 200 Å². The molecule has 1 saturated heterocycles. The van der Waals surface area contributed by atoms with Crippen molar-refractivity contribution >= 4 is 22.4 Å². The van der Waals surface area contributed by atoms with Gasteiger partial charge in [0, 0.05) is 86.1 Å². The van der Waals surface area contributed by atoms with Gasteiger partial charge in [-0.1, -0.05) is 26.0 Å². The minimum atomic E-state index is 0.166. The molecule has 0 unspecified atom stereocenters. The number of rotatable bonds is 6. The number of nitrogens with zero attached hydrogens (tertiary/aromatic N) is 4. The van der Waals surface area contributed by atoms with Crippen LogP contribution in [0.5, 0.6) is 0 Å². The van der Waals surface area contributed by atoms with E-state index in [1.807, 2.05) is 11.0 Å². The Kier molecular flexibility index (Phi) is 7.30. The molecule has 0 N–H and O–H groups in total. The number of fused-ring (bicyclic) bond motifs is 1. The Morgan fingerprint density at radius 3 is 2.24 bits per heavy atom. The molecular formula is C28H42N4O. The second-order valence-electron chi connectivity index (χ2n) is 10.8. The van der Waals surface area contributed by atoms with Gasteiger partial charge in [-0.05, 0) is 57.7 Å². The summed E-state index contributed by atoms with van der Waals surface area (Å²) in [5.74, 6) is 0.867. The zero-order valence-corrected chi connectivity index (χ0v) is 21.5. The van der Waals surface area contributed by atoms with Crippen LogP contribution in [0.3, 0.4) is 0 Å². The van der Waals surface area contributed by atoms with E-state index in [1.54, 1.807) is 0 Å². The van der Waals surface area contributed by atoms with Gasteiger partial charge in [0.1, 0.15) is 0 Å². The fourth-order valence-electron chi connectivity index (χ4n) is 5.33. The monoisotopic (exact) mass is 450 g/mol. The fourth-order valence-corrected chi connectivity index (χ4v) is 5.33. The average Bonchev–Trinajstić information content (AvgIpc) is 3.18. The Morgan fingerprint density at radius 1 is 0.939 bits per heavy atom. The predicted octanol–water partition coefficient (Wildman–Crippen LogP) is 5.13. The van der Waals surface area contributed by atoms with Gasteiger partial charge in [0.15, 0.2) is 0 Å². The van der Waals surface area contributed by atoms with Gasteiger partial charge in [-0.25, -0.2) is 0 Å². The lowest BCUT2D eigenvalue weighted by Crippen LogP contribution is -2.50. The summed E-state index contributed by atoms with van der Waals surface area (Å²) in [6.07, 6.45) is 5.82. The summed E-state index contributed by atoms with van der Waals surface area (Å²) in [5.41, 5.74) is 4.78. The number of amides is 1. The lowest BCUT2D eigenvalue weighted by Gasteiger charge is -2.37. The van der Waals surface area contributed by atoms with Gasteiger partial charge < -0.3 is 9.47 Å². The Bertz CT molecular complexity index is 1010. The molecule has 180 valence electrons. The predicted molar refractivity (Wildman–Crippen MR) is 139 cm³/mol. The third-order valence-electron chi connectivity index (χ3n) is 7.23. The van der Waals surface area contributed by atoms with Crippen molar-refractivity contribution in [3.05, 3.63) is 41.6 Å². The standard InChI is InChI=1S/C28H42N4O/c1-20(2)18-29-11-9-23(10-12-29)26-19-32(22(5)6)27-17-24(7-8-25(26)27)28(33)31-15-13-30(14-16-31)21(3)4/h7-9,17,19-22H,10-16,18H2,1-6H3. The second kappa shape index (κ2) is 10.0. The van der Waals surface area contributed by atoms with Gasteiger partial charge in [-0.15, -0.1) is 0 Å². The highest BCUT2D eigenvalue weighted by atomic mass is 16.2. The highest BCUT2D eigenvalue weighted by Gasteiger charge is 2.25. The van der Waals surface area contributed by atoms with Crippen molar-refractivity contribution in [2.24, 2.45) is 5.92 Å². The van der Waals surface area contributed by atoms with E-state index in [1.165, 1.54) is 22.0 Å². The van der Waals surface area contributed by atoms with E-state index in [-0.39, 0.29) is 5.91 Å². The van der Waals surface area contributed by atoms with Crippen molar-refractivity contribution in [2.75, 3.05) is 45.8 Å². The number of hydrogen-bond donors (Lipinski definition) is 0. The highest BCUT2D eigenvalue weighted by molar-refractivity contribution is 6.01. The van der Waals surface area contributed by atoms with Crippen LogP contribution in [0, 0.1) is 5.92 Å². The van der Waals surface area contributed by atoms with Gasteiger partial charge >= 0.3 is 0 Å². The summed E-state index contributed by atoms with van der Waals surface area (Å²) in [6.45, 7) is 20.3. The van der Waals surface area contributed by atoms with Crippen LogP contribution in [0.4, 0.5) is 0 Å². The molecule has 5 nitrogen and oxygen atoms in total. The summed E-state index contributed by atoms with van der Waals surface area (Å²) in [6, 6.07) is 7.25. The summed E-state index contributed by atoms with van der Waals surface area (Å²) in [4.78, 5) is 20.3. The molecule has 1 fully saturated rings. The molecule has 4 rings (SSSR count). The van der Waals surface area contributed by atoms with Crippen molar-refractivity contribution in [3.63, 3.8) is 0 Å². The molecular weight excluding hydrogens is 408 g/mol. The van der Waals surface area contributed by atoms with Crippen molar-refractivity contribution in [1.29, 1.82) is 0 Å². The van der Waals surface area contributed by atoms with Gasteiger partial charge in [0.25, 0.3) is 5.91 Å². The van der Waals surface area contributed by atoms with Crippen LogP contribution in [0.25, 0.3) is 16.5 Å². The molecule has 0 atom stereocenters. The maximum Gasteiger partial charge on any atom is 0.254 e. The van der Waals surface area contributed by atoms with Crippen molar-refractivity contribution in [2.45, 2.75) is 60.0 Å². The third kappa shape index (κ3) is 5.20. The van der Waals surface area contributed by atoms with E-state index in [4.69, 9.17) is 0 Å². The van der Waals surface area contributed by atoms with Crippen molar-refractivity contribution in [3.8, 4) is 0 Å². The molecule has 0 radical (unpaired) electrons. The van der Waals surface area contributed by atoms with E-state index in [0.717, 1.165) is 57.8 Å². The van der Waals surface area contributed by atoms with Crippen LogP contribution in [-0.4, -0.2) is 77.0 Å². The third-order valence-corrected chi connectivity index (χ3v) is 7.23. The number of carbonyl (C=O) groups is 1. The zero-order chi connectivity index (χ0) is 23.7. The Hall–Kier alpha value is -2.11. The fraction of sp³-hybridized carbons (Fsp3) is 0.607. The molecule has 0 aliphatic carbocycles. The summed E-state index contributed by atoms with van der Waals surface area (Å²) in [7, 11) is 0. The van der Waals surface area contributed by atoms with Crippen LogP contribution < -0.4 is 0 Å². The van der Waals surface area contributed by atoms with Gasteiger partial charge in [0.05, 0.1) is 0 Å². The van der Waals surface area contributed by atoms with E-state index in [9.17, 15) is 4.79 Å². The smallest absolute Gasteiger partial charge is 0.254 e. The van der Waals surface area contributed by atoms with E-state index in [0.29, 0.717) is 18.0 Å². The molecule has 0 saturated carbocycles. The first-order valence-corrected chi connectivity index (χ1v) is 12.8. The number of piperazine rings is 1. The molecule has 1 aromatic heterocycles. The quantitative estimate of drug-likeness (QED) is 0.611. The highest BCUT2D eigenvalue weighted by Crippen LogP contribution is 2.33. The lowest BCUT2D eigenvalue weighted by atomic mass is 9.97. The van der Waals surface area contributed by atoms with Crippen LogP contribution in [0.15, 0.2) is 30.5 Å². The summed E-state index contributed by atoms with van der Waals surface area (Å²) >= 11 is 0. The first kappa shape index (κ1) is 24.0. The van der Waals surface area contributed by atoms with E-state index in [2.05, 4.69) is 80.3 Å². The molecule has 2 aromatic rings. The normalized spacial score (nSPS) is 18.7. The molecule has 3 heterocycles. The number of benzene rings is 1. The number of hydrogen-bond acceptors (Lipinski definition) is 3. The van der Waals surface area contributed by atoms with Crippen molar-refractivity contribution < 1.29 is 4.79 Å². The molecule has 0 bridgehead atoms. The maximum absolute atomic E-state index is 13.3. The largest absolute Gasteiger partial charge is 0.344 e. The molecule has 1 amide bonds. The lowest BCUT2D eigenvalue weighted by molar-refractivity contribution is 0.0595. The summed E-state index contributed by atoms with van der Waals surface area (Å²) in [5, 5.41) is 1.27. The maximum atomic E-state index is 13.3. The SMILES string of the molecule is CC(C)CN1CC=C(c2cn(C(C)C)c3cc(C(=O)N4CCN(C(C)C)CC4)ccc23)CC1. The van der Waals surface area contributed by atoms with E-state index >= 15 is 0 Å². The topological polar surface area (TPSA) is 31.7 Å². The number of carbonyl (C=O) groups excluding carboxylic acids is 1. The van der Waals surface area contributed by atoms with Crippen LogP contribution in [0.1, 0.15) is 69.9 Å². The number of aromatic nitrogens is 1. The van der Waals surface area contributed by atoms with Crippen LogP contribution in [0.2, 0.25) is 0 Å². The van der Waals surface area contributed by atoms with Gasteiger partial charge in [0.2, 0.25) is 0 Å². The van der Waals surface area contributed by atoms with E-state index < -0.39 is 0 Å². The molecule has 0 spiro atoms. The average molecular weight is 451 g/mol. The molecule has 1 aromatic carbocycles. The minimum absolute atomic E-state index is 0.166. The summed E-state index contributed by atoms with van der Waals surface area (Å²) < 4.78 is 2.35. The van der Waals surface area contributed by atoms with Gasteiger partial charge in [-0.2, -0.15) is 0 Å². The second-order valence-corrected chi connectivity index (χ2v) is 10.8. The molecule has 5 heteroatoms. The molecule has 33 heavy (non-hydrogen) atoms. The molecule has 2 aliphatic heterocycles. The van der Waals surface area contributed by atoms with Crippen LogP contribution >= 0.6 is 0 Å². The minimum Gasteiger partial charge on any atom is -0.344 e. The first-order valence-electron chi connectivity index (χ1n) is 12.8. The van der Waals surface area contributed by atoms with Crippen LogP contribution in [-0.2, 0) is 0 Å². The molecule has 2 aliphatic rings. The zero-order valence-electron chi connectivity index (χ0n) is 21.5.